The number of benzene rings is 1. The third-order valence-corrected chi connectivity index (χ3v) is 4.73. The zero-order chi connectivity index (χ0) is 19.7. The van der Waals surface area contributed by atoms with Gasteiger partial charge in [-0.05, 0) is 24.4 Å². The van der Waals surface area contributed by atoms with Crippen LogP contribution in [0.25, 0.3) is 0 Å². The second-order valence-electron chi connectivity index (χ2n) is 5.63. The first-order chi connectivity index (χ1) is 12.8. The highest BCUT2D eigenvalue weighted by Gasteiger charge is 2.30. The number of nitrogens with one attached hydrogen (secondary N) is 1. The molecule has 1 N–H and O–H groups in total. The van der Waals surface area contributed by atoms with E-state index in [1.807, 2.05) is 0 Å². The number of piperazine rings is 1. The summed E-state index contributed by atoms with van der Waals surface area (Å²) in [4.78, 5) is 14.7. The van der Waals surface area contributed by atoms with Crippen LogP contribution in [0.5, 0.6) is 0 Å². The lowest BCUT2D eigenvalue weighted by molar-refractivity contribution is 0.0946. The Balaban J connectivity index is 1.67. The smallest absolute Gasteiger partial charge is 0.293 e. The lowest BCUT2D eigenvalue weighted by Gasteiger charge is -2.37. The molecule has 1 aliphatic rings. The molecule has 0 atom stereocenters. The molecular formula is C16H12ClF4N3O2S. The molecule has 27 heavy (non-hydrogen) atoms. The first-order valence-electron chi connectivity index (χ1n) is 7.71. The highest BCUT2D eigenvalue weighted by molar-refractivity contribution is 7.80. The molecule has 3 rings (SSSR count). The molecule has 0 aliphatic carbocycles. The van der Waals surface area contributed by atoms with Crippen LogP contribution in [0.4, 0.5) is 23.2 Å². The van der Waals surface area contributed by atoms with E-state index < -0.39 is 39.9 Å². The normalized spacial score (nSPS) is 14.4. The van der Waals surface area contributed by atoms with Gasteiger partial charge in [-0.1, -0.05) is 11.6 Å². The number of halogens is 5. The Labute approximate surface area is 161 Å². The average molecular weight is 422 g/mol. The Morgan fingerprint density at radius 2 is 1.67 bits per heavy atom. The van der Waals surface area contributed by atoms with Gasteiger partial charge in [0.15, 0.2) is 34.1 Å². The van der Waals surface area contributed by atoms with Gasteiger partial charge in [-0.15, -0.1) is 0 Å². The van der Waals surface area contributed by atoms with Crippen LogP contribution in [0.1, 0.15) is 10.6 Å². The fourth-order valence-electron chi connectivity index (χ4n) is 2.65. The summed E-state index contributed by atoms with van der Waals surface area (Å²) in [7, 11) is 0. The van der Waals surface area contributed by atoms with E-state index in [4.69, 9.17) is 28.2 Å². The minimum Gasteiger partial charge on any atom is -0.459 e. The number of nitrogens with zero attached hydrogens (tertiary/aromatic N) is 2. The van der Waals surface area contributed by atoms with Crippen molar-refractivity contribution in [2.24, 2.45) is 0 Å². The minimum absolute atomic E-state index is 0.0190. The van der Waals surface area contributed by atoms with Crippen LogP contribution in [0.2, 0.25) is 5.02 Å². The minimum atomic E-state index is -1.64. The Kier molecular flexibility index (Phi) is 5.56. The number of carbonyl (C=O) groups is 1. The van der Waals surface area contributed by atoms with Gasteiger partial charge in [0, 0.05) is 26.2 Å². The molecule has 144 valence electrons. The van der Waals surface area contributed by atoms with Gasteiger partial charge >= 0.3 is 0 Å². The molecule has 5 nitrogen and oxygen atoms in total. The van der Waals surface area contributed by atoms with Gasteiger partial charge in [-0.3, -0.25) is 10.1 Å². The van der Waals surface area contributed by atoms with E-state index in [0.29, 0.717) is 0 Å². The summed E-state index contributed by atoms with van der Waals surface area (Å²) >= 11 is 10.4. The molecule has 1 amide bonds. The van der Waals surface area contributed by atoms with Gasteiger partial charge in [0.05, 0.1) is 6.26 Å². The van der Waals surface area contributed by atoms with Crippen molar-refractivity contribution in [1.29, 1.82) is 0 Å². The Hall–Kier alpha value is -2.33. The molecule has 0 radical (unpaired) electrons. The molecule has 11 heteroatoms. The first-order valence-corrected chi connectivity index (χ1v) is 8.50. The lowest BCUT2D eigenvalue weighted by atomic mass is 10.2. The maximum atomic E-state index is 14.1. The standard InChI is InChI=1S/C16H12ClF4N3O2S/c17-9-10(18)12(20)14(13(21)11(9)19)23-3-5-24(6-4-23)16(27)22-15(25)8-2-1-7-26-8/h1-2,7H,3-6H2,(H,22,25,27). The van der Waals surface area contributed by atoms with Crippen LogP contribution < -0.4 is 10.2 Å². The van der Waals surface area contributed by atoms with Gasteiger partial charge in [0.1, 0.15) is 10.7 Å². The summed E-state index contributed by atoms with van der Waals surface area (Å²) in [5.74, 6) is -6.86. The number of amides is 1. The van der Waals surface area contributed by atoms with E-state index in [9.17, 15) is 22.4 Å². The van der Waals surface area contributed by atoms with Crippen LogP contribution in [0.3, 0.4) is 0 Å². The van der Waals surface area contributed by atoms with Crippen LogP contribution in [-0.2, 0) is 0 Å². The Morgan fingerprint density at radius 3 is 2.19 bits per heavy atom. The zero-order valence-electron chi connectivity index (χ0n) is 13.6. The highest BCUT2D eigenvalue weighted by Crippen LogP contribution is 2.33. The third kappa shape index (κ3) is 3.72. The van der Waals surface area contributed by atoms with Crippen molar-refractivity contribution in [3.63, 3.8) is 0 Å². The van der Waals surface area contributed by atoms with Gasteiger partial charge in [-0.25, -0.2) is 17.6 Å². The molecule has 1 fully saturated rings. The monoisotopic (exact) mass is 421 g/mol. The van der Waals surface area contributed by atoms with Crippen LogP contribution in [0, 0.1) is 23.3 Å². The molecule has 2 aromatic rings. The van der Waals surface area contributed by atoms with Gasteiger partial charge in [0.25, 0.3) is 5.91 Å². The second-order valence-corrected chi connectivity index (χ2v) is 6.39. The quantitative estimate of drug-likeness (QED) is 0.349. The number of thiocarbonyl (C=S) groups is 1. The van der Waals surface area contributed by atoms with Crippen molar-refractivity contribution in [3.8, 4) is 0 Å². The van der Waals surface area contributed by atoms with Crippen LogP contribution >= 0.6 is 23.8 Å². The predicted molar refractivity (Wildman–Crippen MR) is 93.8 cm³/mol. The number of carbonyl (C=O) groups excluding carboxylic acids is 1. The van der Waals surface area contributed by atoms with Gasteiger partial charge in [-0.2, -0.15) is 0 Å². The molecule has 0 bridgehead atoms. The van der Waals surface area contributed by atoms with E-state index in [0.717, 1.165) is 4.90 Å². The average Bonchev–Trinajstić information content (AvgIpc) is 3.20. The molecule has 1 saturated heterocycles. The van der Waals surface area contributed by atoms with Crippen molar-refractivity contribution in [1.82, 2.24) is 10.2 Å². The van der Waals surface area contributed by atoms with Crippen molar-refractivity contribution in [2.45, 2.75) is 0 Å². The first kappa shape index (κ1) is 19.4. The van der Waals surface area contributed by atoms with Gasteiger partial charge in [0.2, 0.25) is 0 Å². The summed E-state index contributed by atoms with van der Waals surface area (Å²) < 4.78 is 60.4. The molecule has 1 aromatic carbocycles. The topological polar surface area (TPSA) is 48.7 Å². The summed E-state index contributed by atoms with van der Waals surface area (Å²) in [5, 5.41) is 1.35. The molecule has 1 aromatic heterocycles. The number of rotatable bonds is 2. The largest absolute Gasteiger partial charge is 0.459 e. The molecule has 0 spiro atoms. The Bertz CT molecular complexity index is 857. The molecular weight excluding hydrogens is 410 g/mol. The van der Waals surface area contributed by atoms with Crippen molar-refractivity contribution < 1.29 is 26.8 Å². The van der Waals surface area contributed by atoms with Crippen LogP contribution in [-0.4, -0.2) is 42.1 Å². The maximum absolute atomic E-state index is 14.1. The highest BCUT2D eigenvalue weighted by atomic mass is 35.5. The fraction of sp³-hybridized carbons (Fsp3) is 0.250. The predicted octanol–water partition coefficient (Wildman–Crippen LogP) is 3.33. The van der Waals surface area contributed by atoms with Crippen molar-refractivity contribution in [2.75, 3.05) is 31.1 Å². The van der Waals surface area contributed by atoms with Crippen molar-refractivity contribution in [3.05, 3.63) is 52.4 Å². The third-order valence-electron chi connectivity index (χ3n) is 4.04. The van der Waals surface area contributed by atoms with E-state index >= 15 is 0 Å². The van der Waals surface area contributed by atoms with E-state index in [-0.39, 0.29) is 37.1 Å². The molecule has 0 unspecified atom stereocenters. The molecule has 0 saturated carbocycles. The van der Waals surface area contributed by atoms with E-state index in [1.54, 1.807) is 11.0 Å². The maximum Gasteiger partial charge on any atom is 0.293 e. The van der Waals surface area contributed by atoms with E-state index in [2.05, 4.69) is 5.32 Å². The fourth-order valence-corrected chi connectivity index (χ4v) is 3.09. The van der Waals surface area contributed by atoms with Crippen molar-refractivity contribution >= 4 is 40.5 Å². The summed E-state index contributed by atoms with van der Waals surface area (Å²) in [6.45, 7) is 0.375. The summed E-state index contributed by atoms with van der Waals surface area (Å²) in [6, 6.07) is 3.01. The number of hydrogen-bond donors (Lipinski definition) is 1. The number of hydrogen-bond acceptors (Lipinski definition) is 4. The zero-order valence-corrected chi connectivity index (χ0v) is 15.1. The number of anilines is 1. The molecule has 1 aliphatic heterocycles. The summed E-state index contributed by atoms with van der Waals surface area (Å²) in [5.41, 5.74) is -0.820. The number of furan rings is 1. The summed E-state index contributed by atoms with van der Waals surface area (Å²) in [6.07, 6.45) is 1.34. The van der Waals surface area contributed by atoms with Gasteiger partial charge < -0.3 is 14.2 Å². The molecule has 2 heterocycles. The second kappa shape index (κ2) is 7.73. The van der Waals surface area contributed by atoms with Crippen LogP contribution in [0.15, 0.2) is 22.8 Å². The lowest BCUT2D eigenvalue weighted by Crippen LogP contribution is -2.53. The Morgan fingerprint density at radius 1 is 1.07 bits per heavy atom. The van der Waals surface area contributed by atoms with E-state index in [1.165, 1.54) is 12.3 Å². The SMILES string of the molecule is O=C(NC(=S)N1CCN(c2c(F)c(F)c(Cl)c(F)c2F)CC1)c1ccco1.